The van der Waals surface area contributed by atoms with E-state index in [1.54, 1.807) is 36.7 Å². The topological polar surface area (TPSA) is 152 Å². The third-order valence-electron chi connectivity index (χ3n) is 6.21. The van der Waals surface area contributed by atoms with Gasteiger partial charge in [0.2, 0.25) is 0 Å². The summed E-state index contributed by atoms with van der Waals surface area (Å²) in [6.45, 7) is 8.30. The molecule has 0 bridgehead atoms. The maximum absolute atomic E-state index is 14.1. The molecule has 6 atom stereocenters. The van der Waals surface area contributed by atoms with Gasteiger partial charge in [-0.15, -0.1) is 0 Å². The van der Waals surface area contributed by atoms with Crippen LogP contribution in [0, 0.1) is 0 Å². The second kappa shape index (κ2) is 14.7. The monoisotopic (exact) mass is 644 g/mol. The molecule has 0 saturated carbocycles. The normalized spacial score (nSPS) is 22.7. The number of aromatic nitrogens is 2. The molecular formula is C30H33N2O10PS. The third kappa shape index (κ3) is 8.82. The van der Waals surface area contributed by atoms with Crippen LogP contribution in [0.15, 0.2) is 72.4 Å². The van der Waals surface area contributed by atoms with Crippen LogP contribution in [0.2, 0.25) is 0 Å². The number of imidazole rings is 1. The molecule has 234 valence electrons. The molecule has 1 saturated heterocycles. The second-order valence-electron chi connectivity index (χ2n) is 9.75. The summed E-state index contributed by atoms with van der Waals surface area (Å²) in [6, 6.07) is 14.2. The Morgan fingerprint density at radius 1 is 1.02 bits per heavy atom. The first-order valence-corrected chi connectivity index (χ1v) is 16.4. The lowest BCUT2D eigenvalue weighted by Gasteiger charge is -2.45. The Bertz CT molecular complexity index is 1520. The van der Waals surface area contributed by atoms with E-state index in [1.165, 1.54) is 39.2 Å². The summed E-state index contributed by atoms with van der Waals surface area (Å²) in [7, 11) is -4.09. The highest BCUT2D eigenvalue weighted by molar-refractivity contribution is 7.99. The van der Waals surface area contributed by atoms with E-state index in [1.807, 2.05) is 30.3 Å². The lowest BCUT2D eigenvalue weighted by Crippen LogP contribution is -2.61. The fourth-order valence-electron chi connectivity index (χ4n) is 4.48. The highest BCUT2D eigenvalue weighted by Gasteiger charge is 2.53. The number of ether oxygens (including phenoxy) is 4. The summed E-state index contributed by atoms with van der Waals surface area (Å²) >= 11 is 1.20. The van der Waals surface area contributed by atoms with Crippen LogP contribution in [0.5, 0.6) is 5.75 Å². The van der Waals surface area contributed by atoms with Crippen LogP contribution >= 0.6 is 19.4 Å². The first-order valence-electron chi connectivity index (χ1n) is 13.5. The summed E-state index contributed by atoms with van der Waals surface area (Å²) in [5.41, 5.74) is 0.298. The Labute approximate surface area is 259 Å². The van der Waals surface area contributed by atoms with Crippen LogP contribution in [0.25, 0.3) is 17.5 Å². The summed E-state index contributed by atoms with van der Waals surface area (Å²) in [5, 5.41) is 0. The Morgan fingerprint density at radius 2 is 1.73 bits per heavy atom. The number of carbonyl (C=O) groups excluding carboxylic acids is 3. The number of aromatic amines is 1. The number of rotatable bonds is 12. The molecule has 1 fully saturated rings. The van der Waals surface area contributed by atoms with Crippen molar-refractivity contribution < 1.29 is 46.9 Å². The van der Waals surface area contributed by atoms with E-state index in [2.05, 4.69) is 16.5 Å². The highest BCUT2D eigenvalue weighted by atomic mass is 32.2. The van der Waals surface area contributed by atoms with Gasteiger partial charge in [0.15, 0.2) is 12.2 Å². The number of thioether (sulfide) groups is 1. The van der Waals surface area contributed by atoms with Gasteiger partial charge in [-0.05, 0) is 29.8 Å². The van der Waals surface area contributed by atoms with E-state index >= 15 is 0 Å². The minimum Gasteiger partial charge on any atom is -0.463 e. The van der Waals surface area contributed by atoms with Gasteiger partial charge in [-0.3, -0.25) is 18.9 Å². The SMILES string of the molecule is C=Cc1ccc(OP(C)(=O)O[C@@H]2[C@@H](OC(C)=O)[C@@H](Sc3ccccc3)O[C@H](COC(C)=O)[C@@H]2OC(C)=O)c(-c2ncc[nH]2)c1. The quantitative estimate of drug-likeness (QED) is 0.156. The predicted octanol–water partition coefficient (Wildman–Crippen LogP) is 5.25. The van der Waals surface area contributed by atoms with E-state index < -0.39 is 55.4 Å². The molecule has 0 aliphatic carbocycles. The molecule has 14 heteroatoms. The average molecular weight is 645 g/mol. The van der Waals surface area contributed by atoms with E-state index in [0.29, 0.717) is 11.4 Å². The van der Waals surface area contributed by atoms with Crippen LogP contribution in [-0.2, 0) is 42.4 Å². The van der Waals surface area contributed by atoms with Gasteiger partial charge in [0, 0.05) is 44.7 Å². The molecule has 1 N–H and O–H groups in total. The highest BCUT2D eigenvalue weighted by Crippen LogP contribution is 2.51. The number of nitrogens with one attached hydrogen (secondary N) is 1. The molecule has 2 heterocycles. The van der Waals surface area contributed by atoms with E-state index in [-0.39, 0.29) is 12.4 Å². The zero-order chi connectivity index (χ0) is 31.9. The molecule has 0 radical (unpaired) electrons. The Kier molecular flexibility index (Phi) is 11.0. The molecule has 0 spiro atoms. The molecule has 1 aromatic heterocycles. The van der Waals surface area contributed by atoms with E-state index in [0.717, 1.165) is 10.5 Å². The maximum Gasteiger partial charge on any atom is 0.376 e. The van der Waals surface area contributed by atoms with Crippen LogP contribution in [0.1, 0.15) is 26.3 Å². The zero-order valence-electron chi connectivity index (χ0n) is 24.5. The van der Waals surface area contributed by atoms with Crippen molar-refractivity contribution in [2.24, 2.45) is 0 Å². The van der Waals surface area contributed by atoms with Crippen LogP contribution in [0.3, 0.4) is 0 Å². The molecule has 4 rings (SSSR count). The van der Waals surface area contributed by atoms with Gasteiger partial charge in [-0.25, -0.2) is 9.55 Å². The third-order valence-corrected chi connectivity index (χ3v) is 8.52. The number of esters is 3. The van der Waals surface area contributed by atoms with Crippen molar-refractivity contribution in [3.05, 3.63) is 73.1 Å². The molecule has 2 aromatic carbocycles. The smallest absolute Gasteiger partial charge is 0.376 e. The van der Waals surface area contributed by atoms with E-state index in [9.17, 15) is 18.9 Å². The lowest BCUT2D eigenvalue weighted by atomic mass is 9.99. The maximum atomic E-state index is 14.1. The van der Waals surface area contributed by atoms with Crippen molar-refractivity contribution in [1.82, 2.24) is 9.97 Å². The molecule has 1 unspecified atom stereocenters. The Hall–Kier alpha value is -3.90. The van der Waals surface area contributed by atoms with Crippen LogP contribution in [-0.4, -0.2) is 71.0 Å². The van der Waals surface area contributed by atoms with Crippen molar-refractivity contribution in [1.29, 1.82) is 0 Å². The number of carbonyl (C=O) groups is 3. The van der Waals surface area contributed by atoms with Gasteiger partial charge in [0.1, 0.15) is 35.8 Å². The van der Waals surface area contributed by atoms with Crippen molar-refractivity contribution in [3.63, 3.8) is 0 Å². The zero-order valence-corrected chi connectivity index (χ0v) is 26.2. The summed E-state index contributed by atoms with van der Waals surface area (Å²) in [5.74, 6) is -1.37. The van der Waals surface area contributed by atoms with Gasteiger partial charge in [0.25, 0.3) is 0 Å². The summed E-state index contributed by atoms with van der Waals surface area (Å²) in [6.07, 6.45) is -0.161. The minimum atomic E-state index is -4.09. The number of nitrogens with zero attached hydrogens (tertiary/aromatic N) is 1. The summed E-state index contributed by atoms with van der Waals surface area (Å²) < 4.78 is 48.9. The van der Waals surface area contributed by atoms with Gasteiger partial charge in [-0.2, -0.15) is 0 Å². The van der Waals surface area contributed by atoms with E-state index in [4.69, 9.17) is 28.0 Å². The summed E-state index contributed by atoms with van der Waals surface area (Å²) in [4.78, 5) is 44.3. The Balaban J connectivity index is 1.74. The molecule has 1 aliphatic rings. The second-order valence-corrected chi connectivity index (χ2v) is 12.9. The number of hydrogen-bond acceptors (Lipinski definition) is 12. The molecule has 12 nitrogen and oxygen atoms in total. The molecular weight excluding hydrogens is 611 g/mol. The molecule has 44 heavy (non-hydrogen) atoms. The van der Waals surface area contributed by atoms with Gasteiger partial charge >= 0.3 is 25.5 Å². The van der Waals surface area contributed by atoms with Crippen molar-refractivity contribution in [2.75, 3.05) is 13.3 Å². The fraction of sp³-hybridized carbons (Fsp3) is 0.333. The van der Waals surface area contributed by atoms with Crippen molar-refractivity contribution >= 4 is 43.3 Å². The largest absolute Gasteiger partial charge is 0.463 e. The van der Waals surface area contributed by atoms with Crippen molar-refractivity contribution in [2.45, 2.75) is 55.5 Å². The first kappa shape index (κ1) is 33.0. The standard InChI is InChI=1S/C30H33N2O10PS/c1-6-21-12-13-24(23(16-21)29-31-14-15-32-29)41-43(5,36)42-27-26(38-19(3)34)25(17-37-18(2)33)40-30(28(27)39-20(4)35)44-22-10-8-7-9-11-22/h6-16,25-28,30H,1,17H2,2-5H3,(H,31,32)/t25-,26+,27+,28-,30-,43?/m1/s1. The number of hydrogen-bond donors (Lipinski definition) is 1. The fourth-order valence-corrected chi connectivity index (χ4v) is 6.85. The molecule has 1 aliphatic heterocycles. The Morgan fingerprint density at radius 3 is 2.34 bits per heavy atom. The van der Waals surface area contributed by atoms with Crippen LogP contribution < -0.4 is 4.52 Å². The molecule has 0 amide bonds. The van der Waals surface area contributed by atoms with Gasteiger partial charge < -0.3 is 28.5 Å². The predicted molar refractivity (Wildman–Crippen MR) is 162 cm³/mol. The first-order chi connectivity index (χ1) is 21.0. The lowest BCUT2D eigenvalue weighted by molar-refractivity contribution is -0.225. The van der Waals surface area contributed by atoms with Crippen molar-refractivity contribution in [3.8, 4) is 17.1 Å². The number of H-pyrrole nitrogens is 1. The van der Waals surface area contributed by atoms with Gasteiger partial charge in [-0.1, -0.05) is 48.7 Å². The minimum absolute atomic E-state index is 0.184. The molecule has 3 aromatic rings. The van der Waals surface area contributed by atoms with Gasteiger partial charge in [0.05, 0.1) is 5.56 Å². The average Bonchev–Trinajstić information content (AvgIpc) is 3.50. The van der Waals surface area contributed by atoms with Crippen LogP contribution in [0.4, 0.5) is 0 Å². The number of benzene rings is 2.